The van der Waals surface area contributed by atoms with Gasteiger partial charge in [0.2, 0.25) is 0 Å². The number of rotatable bonds is 1. The second-order valence-electron chi connectivity index (χ2n) is 2.86. The molecule has 0 fully saturated rings. The van der Waals surface area contributed by atoms with Gasteiger partial charge in [0.25, 0.3) is 0 Å². The minimum atomic E-state index is -0.962. The predicted molar refractivity (Wildman–Crippen MR) is 45.4 cm³/mol. The molecular formula is C9H11NO2. The van der Waals surface area contributed by atoms with Gasteiger partial charge in [0.1, 0.15) is 0 Å². The van der Waals surface area contributed by atoms with Crippen LogP contribution in [0.5, 0.6) is 0 Å². The summed E-state index contributed by atoms with van der Waals surface area (Å²) in [6.07, 6.45) is 0. The Bertz CT molecular complexity index is 332. The van der Waals surface area contributed by atoms with Gasteiger partial charge < -0.3 is 5.11 Å². The summed E-state index contributed by atoms with van der Waals surface area (Å²) in [5.41, 5.74) is 2.67. The maximum atomic E-state index is 10.6. The highest BCUT2D eigenvalue weighted by molar-refractivity contribution is 5.87. The summed E-state index contributed by atoms with van der Waals surface area (Å²) < 4.78 is 0. The molecule has 1 aromatic heterocycles. The number of aromatic nitrogens is 1. The molecule has 0 saturated heterocycles. The zero-order valence-corrected chi connectivity index (χ0v) is 7.38. The quantitative estimate of drug-likeness (QED) is 0.689. The molecule has 0 aromatic carbocycles. The van der Waals surface area contributed by atoms with Gasteiger partial charge in [-0.25, -0.2) is 9.78 Å². The number of pyridine rings is 1. The molecule has 0 amide bonds. The van der Waals surface area contributed by atoms with Crippen molar-refractivity contribution in [3.63, 3.8) is 0 Å². The van der Waals surface area contributed by atoms with Crippen molar-refractivity contribution in [2.75, 3.05) is 0 Å². The molecule has 3 nitrogen and oxygen atoms in total. The molecule has 1 heterocycles. The Balaban J connectivity index is 3.33. The molecule has 12 heavy (non-hydrogen) atoms. The molecule has 0 saturated carbocycles. The predicted octanol–water partition coefficient (Wildman–Crippen LogP) is 1.71. The molecule has 0 bridgehead atoms. The lowest BCUT2D eigenvalue weighted by Crippen LogP contribution is -2.05. The van der Waals surface area contributed by atoms with Crippen LogP contribution in [0, 0.1) is 20.8 Å². The van der Waals surface area contributed by atoms with Gasteiger partial charge in [-0.1, -0.05) is 6.07 Å². The third-order valence-electron chi connectivity index (χ3n) is 1.86. The van der Waals surface area contributed by atoms with Gasteiger partial charge in [0.05, 0.1) is 0 Å². The van der Waals surface area contributed by atoms with Gasteiger partial charge in [-0.2, -0.15) is 0 Å². The first kappa shape index (κ1) is 8.71. The molecule has 0 spiro atoms. The van der Waals surface area contributed by atoms with Gasteiger partial charge in [0.15, 0.2) is 5.69 Å². The summed E-state index contributed by atoms with van der Waals surface area (Å²) >= 11 is 0. The Morgan fingerprint density at radius 3 is 2.42 bits per heavy atom. The summed E-state index contributed by atoms with van der Waals surface area (Å²) in [6.45, 7) is 5.48. The van der Waals surface area contributed by atoms with Crippen molar-refractivity contribution < 1.29 is 9.90 Å². The number of carbonyl (C=O) groups is 1. The summed E-state index contributed by atoms with van der Waals surface area (Å²) in [7, 11) is 0. The fourth-order valence-corrected chi connectivity index (χ4v) is 1.06. The average Bonchev–Trinajstić information content (AvgIpc) is 1.96. The first-order valence-electron chi connectivity index (χ1n) is 3.70. The van der Waals surface area contributed by atoms with E-state index in [0.29, 0.717) is 5.56 Å². The lowest BCUT2D eigenvalue weighted by molar-refractivity contribution is 0.0689. The van der Waals surface area contributed by atoms with Crippen molar-refractivity contribution in [2.24, 2.45) is 0 Å². The topological polar surface area (TPSA) is 50.2 Å². The number of hydrogen-bond acceptors (Lipinski definition) is 2. The van der Waals surface area contributed by atoms with Gasteiger partial charge in [-0.15, -0.1) is 0 Å². The van der Waals surface area contributed by atoms with Crippen molar-refractivity contribution in [1.29, 1.82) is 0 Å². The maximum absolute atomic E-state index is 10.6. The highest BCUT2D eigenvalue weighted by Crippen LogP contribution is 2.10. The van der Waals surface area contributed by atoms with Gasteiger partial charge in [-0.3, -0.25) is 0 Å². The van der Waals surface area contributed by atoms with Crippen LogP contribution in [0.25, 0.3) is 0 Å². The molecule has 0 aliphatic heterocycles. The van der Waals surface area contributed by atoms with E-state index in [0.717, 1.165) is 11.3 Å². The Labute approximate surface area is 71.1 Å². The molecule has 3 heteroatoms. The summed E-state index contributed by atoms with van der Waals surface area (Å²) in [5, 5.41) is 8.72. The molecule has 1 N–H and O–H groups in total. The molecule has 0 aliphatic carbocycles. The molecule has 64 valence electrons. The number of aromatic carboxylic acids is 1. The molecule has 1 rings (SSSR count). The molecule has 0 aliphatic rings. The monoisotopic (exact) mass is 165 g/mol. The standard InChI is InChI=1S/C9H11NO2/c1-5-4-6(2)8(9(11)12)10-7(5)3/h4H,1-3H3,(H,11,12). The number of hydrogen-bond donors (Lipinski definition) is 1. The van der Waals surface area contributed by atoms with Crippen molar-refractivity contribution in [3.8, 4) is 0 Å². The van der Waals surface area contributed by atoms with Crippen LogP contribution in [0.1, 0.15) is 27.3 Å². The van der Waals surface area contributed by atoms with E-state index in [1.54, 1.807) is 13.8 Å². The first-order chi connectivity index (χ1) is 5.52. The highest BCUT2D eigenvalue weighted by atomic mass is 16.4. The summed E-state index contributed by atoms with van der Waals surface area (Å²) in [4.78, 5) is 14.6. The number of carboxylic acids is 1. The molecular weight excluding hydrogens is 154 g/mol. The molecule has 0 atom stereocenters. The fraction of sp³-hybridized carbons (Fsp3) is 0.333. The van der Waals surface area contributed by atoms with Crippen molar-refractivity contribution in [3.05, 3.63) is 28.6 Å². The maximum Gasteiger partial charge on any atom is 0.354 e. The van der Waals surface area contributed by atoms with E-state index in [-0.39, 0.29) is 5.69 Å². The summed E-state index contributed by atoms with van der Waals surface area (Å²) in [6, 6.07) is 1.84. The number of carboxylic acid groups (broad SMARTS) is 1. The van der Waals surface area contributed by atoms with Gasteiger partial charge in [-0.05, 0) is 31.9 Å². The van der Waals surface area contributed by atoms with Crippen molar-refractivity contribution in [2.45, 2.75) is 20.8 Å². The third-order valence-corrected chi connectivity index (χ3v) is 1.86. The zero-order chi connectivity index (χ0) is 9.30. The largest absolute Gasteiger partial charge is 0.477 e. The fourth-order valence-electron chi connectivity index (χ4n) is 1.06. The van der Waals surface area contributed by atoms with Crippen molar-refractivity contribution >= 4 is 5.97 Å². The molecule has 1 aromatic rings. The number of aryl methyl sites for hydroxylation is 3. The van der Waals surface area contributed by atoms with Crippen LogP contribution in [0.4, 0.5) is 0 Å². The SMILES string of the molecule is Cc1cc(C)c(C(=O)O)nc1C. The smallest absolute Gasteiger partial charge is 0.354 e. The minimum absolute atomic E-state index is 0.151. The van der Waals surface area contributed by atoms with E-state index in [1.807, 2.05) is 13.0 Å². The van der Waals surface area contributed by atoms with Gasteiger partial charge >= 0.3 is 5.97 Å². The lowest BCUT2D eigenvalue weighted by atomic mass is 10.1. The highest BCUT2D eigenvalue weighted by Gasteiger charge is 2.09. The van der Waals surface area contributed by atoms with Crippen molar-refractivity contribution in [1.82, 2.24) is 4.98 Å². The van der Waals surface area contributed by atoms with Crippen LogP contribution in [-0.4, -0.2) is 16.1 Å². The Morgan fingerprint density at radius 2 is 1.92 bits per heavy atom. The Morgan fingerprint density at radius 1 is 1.33 bits per heavy atom. The first-order valence-corrected chi connectivity index (χ1v) is 3.70. The van der Waals surface area contributed by atoms with E-state index < -0.39 is 5.97 Å². The zero-order valence-electron chi connectivity index (χ0n) is 7.38. The van der Waals surface area contributed by atoms with E-state index in [2.05, 4.69) is 4.98 Å². The molecule has 0 radical (unpaired) electrons. The summed E-state index contributed by atoms with van der Waals surface area (Å²) in [5.74, 6) is -0.962. The Kier molecular flexibility index (Phi) is 2.13. The van der Waals surface area contributed by atoms with Crippen LogP contribution in [0.15, 0.2) is 6.07 Å². The van der Waals surface area contributed by atoms with Crippen LogP contribution >= 0.6 is 0 Å². The second kappa shape index (κ2) is 2.93. The van der Waals surface area contributed by atoms with Gasteiger partial charge in [0, 0.05) is 5.69 Å². The van der Waals surface area contributed by atoms with Crippen LogP contribution in [-0.2, 0) is 0 Å². The van der Waals surface area contributed by atoms with Crippen LogP contribution in [0.3, 0.4) is 0 Å². The van der Waals surface area contributed by atoms with Crippen LogP contribution in [0.2, 0.25) is 0 Å². The van der Waals surface area contributed by atoms with E-state index in [1.165, 1.54) is 0 Å². The Hall–Kier alpha value is -1.38. The molecule has 0 unspecified atom stereocenters. The van der Waals surface area contributed by atoms with E-state index in [9.17, 15) is 4.79 Å². The lowest BCUT2D eigenvalue weighted by Gasteiger charge is -2.03. The van der Waals surface area contributed by atoms with E-state index in [4.69, 9.17) is 5.11 Å². The average molecular weight is 165 g/mol. The number of nitrogens with zero attached hydrogens (tertiary/aromatic N) is 1. The second-order valence-corrected chi connectivity index (χ2v) is 2.86. The van der Waals surface area contributed by atoms with E-state index >= 15 is 0 Å². The minimum Gasteiger partial charge on any atom is -0.477 e. The van der Waals surface area contributed by atoms with Crippen LogP contribution < -0.4 is 0 Å². The third kappa shape index (κ3) is 1.44. The normalized spacial score (nSPS) is 9.92.